The van der Waals surface area contributed by atoms with Crippen LogP contribution in [0.15, 0.2) is 11.6 Å². The summed E-state index contributed by atoms with van der Waals surface area (Å²) in [5, 5.41) is 10.2. The van der Waals surface area contributed by atoms with Crippen LogP contribution in [0.2, 0.25) is 0 Å². The first-order valence-electron chi connectivity index (χ1n) is 11.4. The molecule has 1 heterocycles. The van der Waals surface area contributed by atoms with Crippen LogP contribution >= 0.6 is 0 Å². The summed E-state index contributed by atoms with van der Waals surface area (Å²) in [7, 11) is 0. The summed E-state index contributed by atoms with van der Waals surface area (Å²) >= 11 is 0. The predicted octanol–water partition coefficient (Wildman–Crippen LogP) is 5.02. The van der Waals surface area contributed by atoms with Crippen LogP contribution in [0, 0.1) is 34.5 Å². The Labute approximate surface area is 163 Å². The van der Waals surface area contributed by atoms with Gasteiger partial charge >= 0.3 is 5.97 Å². The molecule has 1 saturated heterocycles. The second-order valence-corrected chi connectivity index (χ2v) is 11.1. The van der Waals surface area contributed by atoms with Crippen molar-refractivity contribution in [2.75, 3.05) is 0 Å². The second-order valence-electron chi connectivity index (χ2n) is 11.1. The summed E-state index contributed by atoms with van der Waals surface area (Å²) in [6, 6.07) is 0. The van der Waals surface area contributed by atoms with E-state index in [0.29, 0.717) is 23.2 Å². The molecule has 0 radical (unpaired) electrons. The van der Waals surface area contributed by atoms with Gasteiger partial charge in [0.25, 0.3) is 0 Å². The Morgan fingerprint density at radius 2 is 1.85 bits per heavy atom. The number of ether oxygens (including phenoxy) is 1. The summed E-state index contributed by atoms with van der Waals surface area (Å²) in [6.45, 7) is 7.23. The Morgan fingerprint density at radius 3 is 2.59 bits per heavy atom. The fourth-order valence-corrected chi connectivity index (χ4v) is 8.60. The van der Waals surface area contributed by atoms with Gasteiger partial charge in [0.05, 0.1) is 6.10 Å². The zero-order valence-corrected chi connectivity index (χ0v) is 17.3. The Morgan fingerprint density at radius 1 is 1.04 bits per heavy atom. The molecule has 4 aliphatic carbocycles. The maximum atomic E-state index is 11.9. The van der Waals surface area contributed by atoms with Crippen molar-refractivity contribution in [1.29, 1.82) is 0 Å². The summed E-state index contributed by atoms with van der Waals surface area (Å²) in [5.74, 6) is 2.85. The molecule has 0 aromatic heterocycles. The van der Waals surface area contributed by atoms with Crippen LogP contribution < -0.4 is 0 Å². The average Bonchev–Trinajstić information content (AvgIpc) is 3.15. The van der Waals surface area contributed by atoms with Crippen molar-refractivity contribution in [3.8, 4) is 0 Å². The Bertz CT molecular complexity index is 683. The van der Waals surface area contributed by atoms with Crippen LogP contribution in [0.1, 0.15) is 85.0 Å². The SMILES string of the molecule is C[C@]12CC[C@H]3[C@H](CC=C4C[C@@H](O)CC[C@@]43C)[C@@H]1CC[C@@H]2[C@]1(C)CCC(=O)O1. The van der Waals surface area contributed by atoms with Gasteiger partial charge in [-0.2, -0.15) is 0 Å². The molecule has 0 amide bonds. The minimum Gasteiger partial charge on any atom is -0.459 e. The van der Waals surface area contributed by atoms with E-state index in [1.54, 1.807) is 5.57 Å². The Kier molecular flexibility index (Phi) is 3.94. The lowest BCUT2D eigenvalue weighted by atomic mass is 9.46. The van der Waals surface area contributed by atoms with Gasteiger partial charge in [0.15, 0.2) is 0 Å². The highest BCUT2D eigenvalue weighted by molar-refractivity contribution is 5.72. The highest BCUT2D eigenvalue weighted by atomic mass is 16.6. The molecule has 8 atom stereocenters. The minimum atomic E-state index is -0.234. The quantitative estimate of drug-likeness (QED) is 0.519. The van der Waals surface area contributed by atoms with Gasteiger partial charge in [0.1, 0.15) is 5.60 Å². The van der Waals surface area contributed by atoms with Crippen LogP contribution in [-0.2, 0) is 9.53 Å². The molecule has 4 fully saturated rings. The minimum absolute atomic E-state index is 0.0109. The molecule has 3 saturated carbocycles. The van der Waals surface area contributed by atoms with Crippen molar-refractivity contribution in [1.82, 2.24) is 0 Å². The number of carbonyl (C=O) groups excluding carboxylic acids is 1. The predicted molar refractivity (Wildman–Crippen MR) is 105 cm³/mol. The molecular formula is C24H36O3. The van der Waals surface area contributed by atoms with Crippen molar-refractivity contribution < 1.29 is 14.6 Å². The van der Waals surface area contributed by atoms with Gasteiger partial charge in [0.2, 0.25) is 0 Å². The lowest BCUT2D eigenvalue weighted by molar-refractivity contribution is -0.158. The smallest absolute Gasteiger partial charge is 0.306 e. The largest absolute Gasteiger partial charge is 0.459 e. The third-order valence-electron chi connectivity index (χ3n) is 9.99. The molecule has 27 heavy (non-hydrogen) atoms. The van der Waals surface area contributed by atoms with Crippen molar-refractivity contribution in [3.63, 3.8) is 0 Å². The molecular weight excluding hydrogens is 336 g/mol. The number of allylic oxidation sites excluding steroid dienone is 1. The van der Waals surface area contributed by atoms with E-state index in [1.165, 1.54) is 32.1 Å². The number of fused-ring (bicyclic) bond motifs is 5. The lowest BCUT2D eigenvalue weighted by Gasteiger charge is -2.58. The lowest BCUT2D eigenvalue weighted by Crippen LogP contribution is -2.53. The van der Waals surface area contributed by atoms with E-state index < -0.39 is 0 Å². The molecule has 1 N–H and O–H groups in total. The van der Waals surface area contributed by atoms with Gasteiger partial charge < -0.3 is 9.84 Å². The van der Waals surface area contributed by atoms with Crippen LogP contribution in [0.3, 0.4) is 0 Å². The first kappa shape index (κ1) is 18.2. The molecule has 0 unspecified atom stereocenters. The molecule has 150 valence electrons. The molecule has 0 aromatic carbocycles. The third-order valence-corrected chi connectivity index (χ3v) is 9.99. The van der Waals surface area contributed by atoms with Gasteiger partial charge in [-0.3, -0.25) is 4.79 Å². The summed E-state index contributed by atoms with van der Waals surface area (Å²) in [6.07, 6.45) is 13.2. The molecule has 0 spiro atoms. The number of esters is 1. The van der Waals surface area contributed by atoms with Crippen molar-refractivity contribution in [2.24, 2.45) is 34.5 Å². The summed E-state index contributed by atoms with van der Waals surface area (Å²) in [4.78, 5) is 11.9. The number of carbonyl (C=O) groups is 1. The number of hydrogen-bond donors (Lipinski definition) is 1. The Hall–Kier alpha value is -0.830. The number of aliphatic hydroxyl groups excluding tert-OH is 1. The van der Waals surface area contributed by atoms with E-state index in [0.717, 1.165) is 43.4 Å². The van der Waals surface area contributed by atoms with Gasteiger partial charge in [-0.1, -0.05) is 25.5 Å². The van der Waals surface area contributed by atoms with Gasteiger partial charge in [-0.05, 0) is 93.3 Å². The zero-order valence-electron chi connectivity index (χ0n) is 17.3. The second kappa shape index (κ2) is 5.84. The molecule has 3 heteroatoms. The van der Waals surface area contributed by atoms with Gasteiger partial charge in [-0.15, -0.1) is 0 Å². The van der Waals surface area contributed by atoms with E-state index in [1.807, 2.05) is 0 Å². The van der Waals surface area contributed by atoms with Crippen molar-refractivity contribution in [2.45, 2.75) is 96.7 Å². The number of aliphatic hydroxyl groups is 1. The third kappa shape index (κ3) is 2.46. The highest BCUT2D eigenvalue weighted by Gasteiger charge is 2.62. The zero-order chi connectivity index (χ0) is 19.0. The van der Waals surface area contributed by atoms with E-state index in [2.05, 4.69) is 26.8 Å². The maximum absolute atomic E-state index is 11.9. The first-order valence-corrected chi connectivity index (χ1v) is 11.4. The molecule has 0 aromatic rings. The summed E-state index contributed by atoms with van der Waals surface area (Å²) < 4.78 is 5.92. The fraction of sp³-hybridized carbons (Fsp3) is 0.875. The van der Waals surface area contributed by atoms with Crippen LogP contribution in [0.25, 0.3) is 0 Å². The van der Waals surface area contributed by atoms with E-state index in [4.69, 9.17) is 4.74 Å². The van der Waals surface area contributed by atoms with Gasteiger partial charge in [-0.25, -0.2) is 0 Å². The van der Waals surface area contributed by atoms with E-state index in [-0.39, 0.29) is 17.7 Å². The maximum Gasteiger partial charge on any atom is 0.306 e. The first-order chi connectivity index (χ1) is 12.8. The molecule has 0 bridgehead atoms. The summed E-state index contributed by atoms with van der Waals surface area (Å²) in [5.41, 5.74) is 1.95. The normalized spacial score (nSPS) is 54.6. The monoisotopic (exact) mass is 372 g/mol. The molecule has 5 rings (SSSR count). The number of cyclic esters (lactones) is 1. The van der Waals surface area contributed by atoms with Gasteiger partial charge in [0, 0.05) is 12.3 Å². The highest BCUT2D eigenvalue weighted by Crippen LogP contribution is 2.68. The van der Waals surface area contributed by atoms with Crippen molar-refractivity contribution in [3.05, 3.63) is 11.6 Å². The molecule has 1 aliphatic heterocycles. The van der Waals surface area contributed by atoms with E-state index >= 15 is 0 Å². The molecule has 3 nitrogen and oxygen atoms in total. The topological polar surface area (TPSA) is 46.5 Å². The van der Waals surface area contributed by atoms with Crippen LogP contribution in [0.4, 0.5) is 0 Å². The number of hydrogen-bond acceptors (Lipinski definition) is 3. The fourth-order valence-electron chi connectivity index (χ4n) is 8.60. The van der Waals surface area contributed by atoms with Crippen molar-refractivity contribution >= 4 is 5.97 Å². The van der Waals surface area contributed by atoms with Crippen LogP contribution in [0.5, 0.6) is 0 Å². The standard InChI is InChI=1S/C24H36O3/c1-22-11-8-16(25)14-15(22)4-5-17-18-6-7-20(23(18,2)12-9-19(17)22)24(3)13-10-21(26)27-24/h4,16-20,25H,5-14H2,1-3H3/t16-,17+,18-,19-,20-,22-,23-,24-/m0/s1. The molecule has 5 aliphatic rings. The number of rotatable bonds is 1. The van der Waals surface area contributed by atoms with E-state index in [9.17, 15) is 9.90 Å². The van der Waals surface area contributed by atoms with Crippen LogP contribution in [-0.4, -0.2) is 22.8 Å². The average molecular weight is 373 g/mol. The Balaban J connectivity index is 1.44.